The SMILES string of the molecule is CCCNCc1ccc(-c2cc(Cl)ccc2F)o1. The van der Waals surface area contributed by atoms with Crippen LogP contribution in [0.3, 0.4) is 0 Å². The van der Waals surface area contributed by atoms with Gasteiger partial charge in [0.2, 0.25) is 0 Å². The summed E-state index contributed by atoms with van der Waals surface area (Å²) in [5, 5.41) is 3.72. The van der Waals surface area contributed by atoms with Crippen LogP contribution in [-0.2, 0) is 6.54 Å². The standard InChI is InChI=1S/C14H15ClFNO/c1-2-7-17-9-11-4-6-14(18-11)12-8-10(15)3-5-13(12)16/h3-6,8,17H,2,7,9H2,1H3. The van der Waals surface area contributed by atoms with Crippen LogP contribution in [-0.4, -0.2) is 6.54 Å². The molecule has 0 radical (unpaired) electrons. The van der Waals surface area contributed by atoms with Gasteiger partial charge in [-0.05, 0) is 43.3 Å². The van der Waals surface area contributed by atoms with E-state index in [0.29, 0.717) is 22.9 Å². The van der Waals surface area contributed by atoms with Crippen molar-refractivity contribution in [1.29, 1.82) is 0 Å². The number of hydrogen-bond donors (Lipinski definition) is 1. The van der Waals surface area contributed by atoms with Crippen molar-refractivity contribution >= 4 is 11.6 Å². The number of halogens is 2. The normalized spacial score (nSPS) is 10.8. The van der Waals surface area contributed by atoms with Crippen LogP contribution in [0.5, 0.6) is 0 Å². The fraction of sp³-hybridized carbons (Fsp3) is 0.286. The molecule has 0 bridgehead atoms. The van der Waals surface area contributed by atoms with Gasteiger partial charge in [0.25, 0.3) is 0 Å². The molecular weight excluding hydrogens is 253 g/mol. The van der Waals surface area contributed by atoms with Crippen molar-refractivity contribution in [2.75, 3.05) is 6.54 Å². The average Bonchev–Trinajstić information content (AvgIpc) is 2.81. The first-order valence-corrected chi connectivity index (χ1v) is 6.33. The quantitative estimate of drug-likeness (QED) is 0.820. The van der Waals surface area contributed by atoms with E-state index in [2.05, 4.69) is 12.2 Å². The summed E-state index contributed by atoms with van der Waals surface area (Å²) in [5.41, 5.74) is 0.393. The molecule has 0 fully saturated rings. The largest absolute Gasteiger partial charge is 0.460 e. The van der Waals surface area contributed by atoms with Crippen molar-refractivity contribution in [3.05, 3.63) is 46.9 Å². The van der Waals surface area contributed by atoms with Gasteiger partial charge in [-0.3, -0.25) is 0 Å². The van der Waals surface area contributed by atoms with Crippen molar-refractivity contribution < 1.29 is 8.81 Å². The Morgan fingerprint density at radius 1 is 1.28 bits per heavy atom. The Morgan fingerprint density at radius 3 is 2.89 bits per heavy atom. The zero-order chi connectivity index (χ0) is 13.0. The number of nitrogens with one attached hydrogen (secondary N) is 1. The molecule has 1 N–H and O–H groups in total. The second-order valence-electron chi connectivity index (χ2n) is 4.07. The molecule has 0 saturated heterocycles. The minimum Gasteiger partial charge on any atom is -0.460 e. The van der Waals surface area contributed by atoms with Crippen LogP contribution in [0, 0.1) is 5.82 Å². The second-order valence-corrected chi connectivity index (χ2v) is 4.50. The summed E-state index contributed by atoms with van der Waals surface area (Å²) < 4.78 is 19.2. The first-order valence-electron chi connectivity index (χ1n) is 5.95. The van der Waals surface area contributed by atoms with E-state index in [4.69, 9.17) is 16.0 Å². The Hall–Kier alpha value is -1.32. The molecule has 18 heavy (non-hydrogen) atoms. The molecule has 0 amide bonds. The lowest BCUT2D eigenvalue weighted by atomic mass is 10.1. The van der Waals surface area contributed by atoms with Gasteiger partial charge in [-0.15, -0.1) is 0 Å². The lowest BCUT2D eigenvalue weighted by Crippen LogP contribution is -2.12. The van der Waals surface area contributed by atoms with Gasteiger partial charge in [-0.1, -0.05) is 18.5 Å². The average molecular weight is 268 g/mol. The van der Waals surface area contributed by atoms with E-state index in [0.717, 1.165) is 18.7 Å². The molecule has 2 nitrogen and oxygen atoms in total. The first-order chi connectivity index (χ1) is 8.70. The maximum Gasteiger partial charge on any atom is 0.137 e. The zero-order valence-corrected chi connectivity index (χ0v) is 10.9. The fourth-order valence-corrected chi connectivity index (χ4v) is 1.86. The van der Waals surface area contributed by atoms with Gasteiger partial charge < -0.3 is 9.73 Å². The predicted molar refractivity (Wildman–Crippen MR) is 71.1 cm³/mol. The van der Waals surface area contributed by atoms with Crippen LogP contribution in [0.25, 0.3) is 11.3 Å². The molecule has 0 aliphatic heterocycles. The van der Waals surface area contributed by atoms with Crippen molar-refractivity contribution in [3.63, 3.8) is 0 Å². The summed E-state index contributed by atoms with van der Waals surface area (Å²) in [6.07, 6.45) is 1.07. The van der Waals surface area contributed by atoms with Gasteiger partial charge in [0, 0.05) is 5.02 Å². The molecule has 2 aromatic rings. The van der Waals surface area contributed by atoms with E-state index < -0.39 is 0 Å². The molecule has 0 unspecified atom stereocenters. The first kappa shape index (κ1) is 13.1. The summed E-state index contributed by atoms with van der Waals surface area (Å²) in [7, 11) is 0. The van der Waals surface area contributed by atoms with E-state index in [1.807, 2.05) is 6.07 Å². The topological polar surface area (TPSA) is 25.2 Å². The van der Waals surface area contributed by atoms with Crippen LogP contribution in [0.15, 0.2) is 34.7 Å². The monoisotopic (exact) mass is 267 g/mol. The summed E-state index contributed by atoms with van der Waals surface area (Å²) in [6.45, 7) is 3.68. The van der Waals surface area contributed by atoms with E-state index in [-0.39, 0.29) is 5.82 Å². The molecule has 1 heterocycles. The van der Waals surface area contributed by atoms with Crippen LogP contribution in [0.1, 0.15) is 19.1 Å². The van der Waals surface area contributed by atoms with Gasteiger partial charge in [0.1, 0.15) is 17.3 Å². The maximum atomic E-state index is 13.6. The van der Waals surface area contributed by atoms with E-state index in [9.17, 15) is 4.39 Å². The Kier molecular flexibility index (Phi) is 4.39. The molecule has 1 aromatic heterocycles. The third-order valence-electron chi connectivity index (χ3n) is 2.58. The van der Waals surface area contributed by atoms with Crippen LogP contribution in [0.2, 0.25) is 5.02 Å². The highest BCUT2D eigenvalue weighted by Crippen LogP contribution is 2.27. The summed E-state index contributed by atoms with van der Waals surface area (Å²) in [5.74, 6) is 0.961. The minimum atomic E-state index is -0.332. The van der Waals surface area contributed by atoms with Gasteiger partial charge in [-0.25, -0.2) is 4.39 Å². The van der Waals surface area contributed by atoms with Crippen molar-refractivity contribution in [2.45, 2.75) is 19.9 Å². The Bertz CT molecular complexity index is 524. The van der Waals surface area contributed by atoms with Crippen molar-refractivity contribution in [1.82, 2.24) is 5.32 Å². The highest BCUT2D eigenvalue weighted by Gasteiger charge is 2.10. The van der Waals surface area contributed by atoms with Crippen LogP contribution >= 0.6 is 11.6 Å². The minimum absolute atomic E-state index is 0.332. The Balaban J connectivity index is 2.16. The van der Waals surface area contributed by atoms with Crippen molar-refractivity contribution in [2.24, 2.45) is 0 Å². The molecule has 0 atom stereocenters. The highest BCUT2D eigenvalue weighted by molar-refractivity contribution is 6.30. The maximum absolute atomic E-state index is 13.6. The molecule has 1 aromatic carbocycles. The summed E-state index contributed by atoms with van der Waals surface area (Å²) in [6, 6.07) is 8.04. The lowest BCUT2D eigenvalue weighted by molar-refractivity contribution is 0.490. The Labute approximate surface area is 111 Å². The molecule has 0 spiro atoms. The zero-order valence-electron chi connectivity index (χ0n) is 10.2. The lowest BCUT2D eigenvalue weighted by Gasteiger charge is -2.01. The molecular formula is C14H15ClFNO. The van der Waals surface area contributed by atoms with E-state index in [1.54, 1.807) is 12.1 Å². The van der Waals surface area contributed by atoms with Gasteiger partial charge >= 0.3 is 0 Å². The molecule has 0 aliphatic rings. The predicted octanol–water partition coefficient (Wildman–Crippen LogP) is 4.24. The van der Waals surface area contributed by atoms with Gasteiger partial charge in [-0.2, -0.15) is 0 Å². The van der Waals surface area contributed by atoms with E-state index >= 15 is 0 Å². The number of furan rings is 1. The van der Waals surface area contributed by atoms with Gasteiger partial charge in [0.15, 0.2) is 0 Å². The third kappa shape index (κ3) is 3.12. The Morgan fingerprint density at radius 2 is 2.11 bits per heavy atom. The van der Waals surface area contributed by atoms with Crippen LogP contribution < -0.4 is 5.32 Å². The second kappa shape index (κ2) is 6.03. The summed E-state index contributed by atoms with van der Waals surface area (Å²) >= 11 is 5.86. The smallest absolute Gasteiger partial charge is 0.137 e. The highest BCUT2D eigenvalue weighted by atomic mass is 35.5. The van der Waals surface area contributed by atoms with E-state index in [1.165, 1.54) is 12.1 Å². The summed E-state index contributed by atoms with van der Waals surface area (Å²) in [4.78, 5) is 0. The number of rotatable bonds is 5. The molecule has 4 heteroatoms. The van der Waals surface area contributed by atoms with Crippen LogP contribution in [0.4, 0.5) is 4.39 Å². The molecule has 0 aliphatic carbocycles. The number of benzene rings is 1. The number of hydrogen-bond acceptors (Lipinski definition) is 2. The third-order valence-corrected chi connectivity index (χ3v) is 2.82. The fourth-order valence-electron chi connectivity index (χ4n) is 1.69. The van der Waals surface area contributed by atoms with Crippen molar-refractivity contribution in [3.8, 4) is 11.3 Å². The van der Waals surface area contributed by atoms with Gasteiger partial charge in [0.05, 0.1) is 12.1 Å². The molecule has 0 saturated carbocycles. The molecule has 2 rings (SSSR count). The molecule has 96 valence electrons.